The number of nitrogens with zero attached hydrogens (tertiary/aromatic N) is 2. The van der Waals surface area contributed by atoms with Crippen LogP contribution in [-0.2, 0) is 0 Å². The van der Waals surface area contributed by atoms with Crippen molar-refractivity contribution in [3.63, 3.8) is 0 Å². The van der Waals surface area contributed by atoms with Gasteiger partial charge in [0.25, 0.3) is 5.91 Å². The largest absolute Gasteiger partial charge is 0.497 e. The Morgan fingerprint density at radius 3 is 2.82 bits per heavy atom. The molecule has 2 atom stereocenters. The van der Waals surface area contributed by atoms with Crippen LogP contribution in [0, 0.1) is 0 Å². The summed E-state index contributed by atoms with van der Waals surface area (Å²) in [4.78, 5) is 13.0. The number of alkyl halides is 3. The van der Waals surface area contributed by atoms with E-state index in [1.165, 1.54) is 7.11 Å². The third kappa shape index (κ3) is 3.90. The van der Waals surface area contributed by atoms with Gasteiger partial charge in [0, 0.05) is 18.2 Å². The Morgan fingerprint density at radius 2 is 2.03 bits per heavy atom. The molecular formula is C22H19F3N4O4. The Kier molecular flexibility index (Phi) is 5.03. The molecule has 11 heteroatoms. The second-order valence-corrected chi connectivity index (χ2v) is 7.64. The average molecular weight is 460 g/mol. The molecule has 1 amide bonds. The molecule has 0 saturated heterocycles. The lowest BCUT2D eigenvalue weighted by Crippen LogP contribution is -2.36. The molecule has 2 aliphatic rings. The van der Waals surface area contributed by atoms with Gasteiger partial charge in [-0.2, -0.15) is 18.3 Å². The predicted molar refractivity (Wildman–Crippen MR) is 112 cm³/mol. The van der Waals surface area contributed by atoms with E-state index in [1.807, 2.05) is 0 Å². The van der Waals surface area contributed by atoms with Gasteiger partial charge in [0.05, 0.1) is 19.3 Å². The van der Waals surface area contributed by atoms with E-state index >= 15 is 0 Å². The van der Waals surface area contributed by atoms with Gasteiger partial charge in [-0.25, -0.2) is 4.68 Å². The van der Waals surface area contributed by atoms with Crippen molar-refractivity contribution in [2.24, 2.45) is 0 Å². The van der Waals surface area contributed by atoms with Crippen LogP contribution in [0.4, 0.5) is 24.7 Å². The zero-order valence-electron chi connectivity index (χ0n) is 17.3. The number of rotatable bonds is 4. The number of benzene rings is 2. The van der Waals surface area contributed by atoms with E-state index in [2.05, 4.69) is 15.7 Å². The topological polar surface area (TPSA) is 86.6 Å². The Bertz CT molecular complexity index is 1210. The van der Waals surface area contributed by atoms with Crippen LogP contribution in [0.3, 0.4) is 0 Å². The van der Waals surface area contributed by atoms with E-state index in [0.717, 1.165) is 10.9 Å². The number of ether oxygens (including phenoxy) is 3. The highest BCUT2D eigenvalue weighted by Gasteiger charge is 2.47. The van der Waals surface area contributed by atoms with Gasteiger partial charge < -0.3 is 24.8 Å². The third-order valence-corrected chi connectivity index (χ3v) is 5.61. The number of fused-ring (bicyclic) bond motifs is 2. The molecule has 8 nitrogen and oxygen atoms in total. The van der Waals surface area contributed by atoms with Crippen LogP contribution >= 0.6 is 0 Å². The maximum absolute atomic E-state index is 13.9. The second-order valence-electron chi connectivity index (χ2n) is 7.64. The lowest BCUT2D eigenvalue weighted by molar-refractivity contribution is -0.173. The molecule has 172 valence electrons. The van der Waals surface area contributed by atoms with E-state index in [1.54, 1.807) is 42.5 Å². The number of anilines is 2. The molecule has 2 aliphatic heterocycles. The van der Waals surface area contributed by atoms with Gasteiger partial charge in [-0.05, 0) is 29.8 Å². The fourth-order valence-electron chi connectivity index (χ4n) is 3.98. The molecule has 3 heterocycles. The molecule has 3 aromatic rings. The molecule has 0 radical (unpaired) electrons. The van der Waals surface area contributed by atoms with Crippen molar-refractivity contribution < 1.29 is 32.2 Å². The Balaban J connectivity index is 1.47. The highest BCUT2D eigenvalue weighted by Crippen LogP contribution is 2.45. The summed E-state index contributed by atoms with van der Waals surface area (Å²) in [5.41, 5.74) is 1.02. The first-order valence-corrected chi connectivity index (χ1v) is 10.1. The highest BCUT2D eigenvalue weighted by atomic mass is 19.4. The summed E-state index contributed by atoms with van der Waals surface area (Å²) in [5.74, 6) is 0.937. The quantitative estimate of drug-likeness (QED) is 0.595. The van der Waals surface area contributed by atoms with Crippen LogP contribution in [0.15, 0.2) is 48.7 Å². The summed E-state index contributed by atoms with van der Waals surface area (Å²) in [6, 6.07) is 9.05. The van der Waals surface area contributed by atoms with Crippen LogP contribution in [-0.4, -0.2) is 35.8 Å². The number of hydrogen-bond acceptors (Lipinski definition) is 6. The number of hydrogen-bond donors (Lipinski definition) is 2. The van der Waals surface area contributed by atoms with E-state index in [-0.39, 0.29) is 24.6 Å². The SMILES string of the molecule is COc1cccc([C@@H]2C[C@H](C(F)(F)F)n3ncc(C(=O)Nc4ccc5c(c4)OCO5)c3N2)c1. The van der Waals surface area contributed by atoms with Crippen molar-refractivity contribution in [3.8, 4) is 17.2 Å². The molecular weight excluding hydrogens is 441 g/mol. The van der Waals surface area contributed by atoms with Crippen LogP contribution in [0.2, 0.25) is 0 Å². The molecule has 5 rings (SSSR count). The van der Waals surface area contributed by atoms with Gasteiger partial charge in [0.1, 0.15) is 17.1 Å². The minimum Gasteiger partial charge on any atom is -0.497 e. The molecule has 0 bridgehead atoms. The summed E-state index contributed by atoms with van der Waals surface area (Å²) >= 11 is 0. The number of aromatic nitrogens is 2. The minimum absolute atomic E-state index is 0.00496. The fourth-order valence-corrected chi connectivity index (χ4v) is 3.98. The zero-order valence-corrected chi connectivity index (χ0v) is 17.3. The molecule has 2 aromatic carbocycles. The molecule has 0 spiro atoms. The molecule has 0 fully saturated rings. The van der Waals surface area contributed by atoms with Crippen LogP contribution < -0.4 is 24.8 Å². The number of carbonyl (C=O) groups excluding carboxylic acids is 1. The van der Waals surface area contributed by atoms with E-state index in [9.17, 15) is 18.0 Å². The fraction of sp³-hybridized carbons (Fsp3) is 0.273. The zero-order chi connectivity index (χ0) is 23.2. The van der Waals surface area contributed by atoms with Crippen LogP contribution in [0.1, 0.15) is 34.4 Å². The molecule has 0 aliphatic carbocycles. The van der Waals surface area contributed by atoms with Gasteiger partial charge in [-0.15, -0.1) is 0 Å². The monoisotopic (exact) mass is 460 g/mol. The lowest BCUT2D eigenvalue weighted by Gasteiger charge is -2.34. The van der Waals surface area contributed by atoms with Gasteiger partial charge in [-0.1, -0.05) is 12.1 Å². The minimum atomic E-state index is -4.55. The molecule has 0 saturated carbocycles. The van der Waals surface area contributed by atoms with Gasteiger partial charge >= 0.3 is 6.18 Å². The summed E-state index contributed by atoms with van der Waals surface area (Å²) < 4.78 is 58.3. The Labute approximate surface area is 186 Å². The van der Waals surface area contributed by atoms with Gasteiger partial charge in [0.15, 0.2) is 17.5 Å². The smallest absolute Gasteiger partial charge is 0.410 e. The van der Waals surface area contributed by atoms with Crippen molar-refractivity contribution in [1.82, 2.24) is 9.78 Å². The van der Waals surface area contributed by atoms with Crippen LogP contribution in [0.5, 0.6) is 17.2 Å². The van der Waals surface area contributed by atoms with Crippen molar-refractivity contribution in [2.45, 2.75) is 24.7 Å². The molecule has 33 heavy (non-hydrogen) atoms. The molecule has 2 N–H and O–H groups in total. The number of halogens is 3. The maximum Gasteiger partial charge on any atom is 0.410 e. The van der Waals surface area contributed by atoms with Crippen molar-refractivity contribution >= 4 is 17.4 Å². The standard InChI is InChI=1S/C22H19F3N4O4/c1-31-14-4-2-3-12(7-14)16-9-19(22(23,24)25)29-20(28-16)15(10-26-29)21(30)27-13-5-6-17-18(8-13)33-11-32-17/h2-8,10,16,19,28H,9,11H2,1H3,(H,27,30)/t16-,19+/m0/s1. The highest BCUT2D eigenvalue weighted by molar-refractivity contribution is 6.07. The average Bonchev–Trinajstić information content (AvgIpc) is 3.44. The first-order valence-electron chi connectivity index (χ1n) is 10.1. The van der Waals surface area contributed by atoms with Crippen molar-refractivity contribution in [1.29, 1.82) is 0 Å². The number of methoxy groups -OCH3 is 1. The normalized spacial score (nSPS) is 18.9. The Morgan fingerprint density at radius 1 is 1.21 bits per heavy atom. The van der Waals surface area contributed by atoms with E-state index < -0.39 is 24.2 Å². The summed E-state index contributed by atoms with van der Waals surface area (Å²) in [5, 5.41) is 9.64. The maximum atomic E-state index is 13.9. The number of nitrogens with one attached hydrogen (secondary N) is 2. The van der Waals surface area contributed by atoms with E-state index in [4.69, 9.17) is 14.2 Å². The Hall–Kier alpha value is -3.89. The van der Waals surface area contributed by atoms with E-state index in [0.29, 0.717) is 28.5 Å². The molecule has 0 unspecified atom stereocenters. The molecule has 1 aromatic heterocycles. The van der Waals surface area contributed by atoms with Crippen LogP contribution in [0.25, 0.3) is 0 Å². The second kappa shape index (κ2) is 7.91. The third-order valence-electron chi connectivity index (χ3n) is 5.61. The summed E-state index contributed by atoms with van der Waals surface area (Å²) in [7, 11) is 1.49. The predicted octanol–water partition coefficient (Wildman–Crippen LogP) is 4.53. The number of amides is 1. The summed E-state index contributed by atoms with van der Waals surface area (Å²) in [6.07, 6.45) is -3.70. The first-order chi connectivity index (χ1) is 15.8. The van der Waals surface area contributed by atoms with Crippen molar-refractivity contribution in [2.75, 3.05) is 24.5 Å². The van der Waals surface area contributed by atoms with Crippen molar-refractivity contribution in [3.05, 3.63) is 59.8 Å². The van der Waals surface area contributed by atoms with Gasteiger partial charge in [-0.3, -0.25) is 4.79 Å². The first kappa shape index (κ1) is 21.0. The lowest BCUT2D eigenvalue weighted by atomic mass is 9.96. The number of carbonyl (C=O) groups is 1. The summed E-state index contributed by atoms with van der Waals surface area (Å²) in [6.45, 7) is 0.0814. The van der Waals surface area contributed by atoms with Gasteiger partial charge in [0.2, 0.25) is 6.79 Å².